The van der Waals surface area contributed by atoms with E-state index in [1.54, 1.807) is 18.7 Å². The molecule has 1 aliphatic rings. The summed E-state index contributed by atoms with van der Waals surface area (Å²) in [6, 6.07) is -0.226. The predicted octanol–water partition coefficient (Wildman–Crippen LogP) is 0.988. The number of carbonyl (C=O) groups excluding carboxylic acids is 2. The van der Waals surface area contributed by atoms with E-state index in [1.807, 2.05) is 13.8 Å². The molecule has 1 saturated heterocycles. The van der Waals surface area contributed by atoms with E-state index in [9.17, 15) is 14.7 Å². The Bertz CT molecular complexity index is 327. The third kappa shape index (κ3) is 4.58. The van der Waals surface area contributed by atoms with Crippen LogP contribution in [-0.4, -0.2) is 53.1 Å². The monoisotopic (exact) mass is 271 g/mol. The largest absolute Gasteiger partial charge is 0.394 e. The number of nitrogens with zero attached hydrogens (tertiary/aromatic N) is 1. The maximum atomic E-state index is 12.1. The third-order valence-electron chi connectivity index (χ3n) is 3.34. The molecular formula is C14H25NO4. The second kappa shape index (κ2) is 7.01. The quantitative estimate of drug-likeness (QED) is 0.732. The molecular weight excluding hydrogens is 246 g/mol. The van der Waals surface area contributed by atoms with Crippen LogP contribution in [0.4, 0.5) is 0 Å². The molecule has 1 amide bonds. The molecule has 0 radical (unpaired) electrons. The average Bonchev–Trinajstić information content (AvgIpc) is 2.70. The Balaban J connectivity index is 2.60. The lowest BCUT2D eigenvalue weighted by Crippen LogP contribution is -2.39. The van der Waals surface area contributed by atoms with Crippen LogP contribution < -0.4 is 0 Å². The van der Waals surface area contributed by atoms with Crippen molar-refractivity contribution >= 4 is 11.7 Å². The Morgan fingerprint density at radius 1 is 1.32 bits per heavy atom. The summed E-state index contributed by atoms with van der Waals surface area (Å²) >= 11 is 0. The molecule has 1 fully saturated rings. The summed E-state index contributed by atoms with van der Waals surface area (Å²) in [4.78, 5) is 25.3. The number of rotatable bonds is 6. The lowest BCUT2D eigenvalue weighted by atomic mass is 10.1. The van der Waals surface area contributed by atoms with Crippen LogP contribution in [0.5, 0.6) is 0 Å². The van der Waals surface area contributed by atoms with Gasteiger partial charge in [0.1, 0.15) is 5.78 Å². The first-order valence-electron chi connectivity index (χ1n) is 6.93. The summed E-state index contributed by atoms with van der Waals surface area (Å²) in [5.41, 5.74) is 0. The van der Waals surface area contributed by atoms with Crippen molar-refractivity contribution in [1.82, 2.24) is 4.90 Å². The topological polar surface area (TPSA) is 66.8 Å². The Morgan fingerprint density at radius 3 is 2.42 bits per heavy atom. The highest BCUT2D eigenvalue weighted by atomic mass is 16.5. The Morgan fingerprint density at radius 2 is 1.95 bits per heavy atom. The maximum Gasteiger partial charge on any atom is 0.230 e. The van der Waals surface area contributed by atoms with E-state index in [2.05, 4.69) is 0 Å². The van der Waals surface area contributed by atoms with E-state index in [0.29, 0.717) is 13.0 Å². The van der Waals surface area contributed by atoms with Gasteiger partial charge in [-0.2, -0.15) is 0 Å². The molecule has 1 aliphatic heterocycles. The Labute approximate surface area is 114 Å². The summed E-state index contributed by atoms with van der Waals surface area (Å²) in [5.74, 6) is -0.399. The van der Waals surface area contributed by atoms with Crippen molar-refractivity contribution in [2.75, 3.05) is 13.2 Å². The molecule has 0 unspecified atom stereocenters. The second-order valence-corrected chi connectivity index (χ2v) is 5.72. The van der Waals surface area contributed by atoms with Gasteiger partial charge in [-0.25, -0.2) is 0 Å². The fourth-order valence-electron chi connectivity index (χ4n) is 2.29. The molecule has 2 atom stereocenters. The van der Waals surface area contributed by atoms with Crippen molar-refractivity contribution in [3.8, 4) is 0 Å². The van der Waals surface area contributed by atoms with Crippen LogP contribution in [0.25, 0.3) is 0 Å². The number of amides is 1. The lowest BCUT2D eigenvalue weighted by Gasteiger charge is -2.22. The zero-order valence-corrected chi connectivity index (χ0v) is 12.3. The fraction of sp³-hybridized carbons (Fsp3) is 0.857. The summed E-state index contributed by atoms with van der Waals surface area (Å²) in [6.07, 6.45) is 0.603. The number of aliphatic hydroxyl groups excluding tert-OH is 1. The van der Waals surface area contributed by atoms with Gasteiger partial charge in [0.25, 0.3) is 0 Å². The number of ketones is 1. The molecule has 0 aromatic rings. The number of Topliss-reactive ketones (excluding diaryl/α,β-unsaturated/α-hetero) is 1. The highest BCUT2D eigenvalue weighted by molar-refractivity contribution is 5.99. The normalized spacial score (nSPS) is 23.4. The second-order valence-electron chi connectivity index (χ2n) is 5.72. The molecule has 0 bridgehead atoms. The van der Waals surface area contributed by atoms with Gasteiger partial charge in [-0.1, -0.05) is 13.8 Å². The molecule has 1 rings (SSSR count). The molecule has 1 N–H and O–H groups in total. The van der Waals surface area contributed by atoms with Crippen LogP contribution in [0, 0.1) is 5.92 Å². The highest BCUT2D eigenvalue weighted by Gasteiger charge is 2.36. The summed E-state index contributed by atoms with van der Waals surface area (Å²) < 4.78 is 5.69. The van der Waals surface area contributed by atoms with E-state index in [-0.39, 0.29) is 48.9 Å². The number of likely N-dealkylation sites (tertiary alicyclic amines) is 1. The van der Waals surface area contributed by atoms with Gasteiger partial charge in [-0.05, 0) is 20.3 Å². The minimum absolute atomic E-state index is 0.0461. The van der Waals surface area contributed by atoms with Crippen LogP contribution in [0.3, 0.4) is 0 Å². The van der Waals surface area contributed by atoms with Gasteiger partial charge in [0.2, 0.25) is 5.91 Å². The van der Waals surface area contributed by atoms with E-state index in [1.165, 1.54) is 0 Å². The standard InChI is InChI=1S/C14H25NO4/c1-9(2)13(17)6-14(18)15-7-12(19-10(3)4)5-11(15)8-16/h9-12,16H,5-8H2,1-4H3/t11-,12+/m0/s1. The van der Waals surface area contributed by atoms with Crippen LogP contribution >= 0.6 is 0 Å². The minimum atomic E-state index is -0.226. The maximum absolute atomic E-state index is 12.1. The van der Waals surface area contributed by atoms with Gasteiger partial charge in [0.15, 0.2) is 0 Å². The molecule has 0 aromatic heterocycles. The van der Waals surface area contributed by atoms with Crippen molar-refractivity contribution in [2.24, 2.45) is 5.92 Å². The summed E-state index contributed by atoms with van der Waals surface area (Å²) in [6.45, 7) is 7.84. The van der Waals surface area contributed by atoms with E-state index >= 15 is 0 Å². The molecule has 5 nitrogen and oxygen atoms in total. The Kier molecular flexibility index (Phi) is 5.94. The first kappa shape index (κ1) is 16.1. The first-order chi connectivity index (χ1) is 8.85. The van der Waals surface area contributed by atoms with Gasteiger partial charge in [0, 0.05) is 12.5 Å². The van der Waals surface area contributed by atoms with Gasteiger partial charge in [0.05, 0.1) is 31.3 Å². The molecule has 5 heteroatoms. The zero-order chi connectivity index (χ0) is 14.6. The predicted molar refractivity (Wildman–Crippen MR) is 71.7 cm³/mol. The van der Waals surface area contributed by atoms with Crippen molar-refractivity contribution in [3.63, 3.8) is 0 Å². The summed E-state index contributed by atoms with van der Waals surface area (Å²) in [5, 5.41) is 9.35. The van der Waals surface area contributed by atoms with Crippen LogP contribution in [-0.2, 0) is 14.3 Å². The highest BCUT2D eigenvalue weighted by Crippen LogP contribution is 2.22. The summed E-state index contributed by atoms with van der Waals surface area (Å²) in [7, 11) is 0. The van der Waals surface area contributed by atoms with Gasteiger partial charge < -0.3 is 14.7 Å². The molecule has 0 spiro atoms. The SMILES string of the molecule is CC(C)O[C@@H]1C[C@@H](CO)N(C(=O)CC(=O)C(C)C)C1. The molecule has 1 heterocycles. The van der Waals surface area contributed by atoms with Gasteiger partial charge in [-0.3, -0.25) is 9.59 Å². The van der Waals surface area contributed by atoms with Gasteiger partial charge >= 0.3 is 0 Å². The van der Waals surface area contributed by atoms with E-state index < -0.39 is 0 Å². The molecule has 0 aromatic carbocycles. The van der Waals surface area contributed by atoms with Crippen molar-refractivity contribution < 1.29 is 19.4 Å². The molecule has 0 saturated carbocycles. The van der Waals surface area contributed by atoms with Crippen LogP contribution in [0.2, 0.25) is 0 Å². The number of hydrogen-bond donors (Lipinski definition) is 1. The first-order valence-corrected chi connectivity index (χ1v) is 6.93. The zero-order valence-electron chi connectivity index (χ0n) is 12.3. The smallest absolute Gasteiger partial charge is 0.230 e. The van der Waals surface area contributed by atoms with Crippen molar-refractivity contribution in [3.05, 3.63) is 0 Å². The molecule has 19 heavy (non-hydrogen) atoms. The average molecular weight is 271 g/mol. The molecule has 110 valence electrons. The fourth-order valence-corrected chi connectivity index (χ4v) is 2.29. The van der Waals surface area contributed by atoms with E-state index in [4.69, 9.17) is 4.74 Å². The third-order valence-corrected chi connectivity index (χ3v) is 3.34. The Hall–Kier alpha value is -0.940. The number of ether oxygens (including phenoxy) is 1. The van der Waals surface area contributed by atoms with E-state index in [0.717, 1.165) is 0 Å². The van der Waals surface area contributed by atoms with Crippen LogP contribution in [0.1, 0.15) is 40.5 Å². The number of aliphatic hydroxyl groups is 1. The minimum Gasteiger partial charge on any atom is -0.394 e. The number of hydrogen-bond acceptors (Lipinski definition) is 4. The molecule has 0 aliphatic carbocycles. The van der Waals surface area contributed by atoms with Crippen molar-refractivity contribution in [2.45, 2.75) is 58.8 Å². The van der Waals surface area contributed by atoms with Crippen molar-refractivity contribution in [1.29, 1.82) is 0 Å². The lowest BCUT2D eigenvalue weighted by molar-refractivity contribution is -0.138. The number of carbonyl (C=O) groups is 2. The van der Waals surface area contributed by atoms with Crippen LogP contribution in [0.15, 0.2) is 0 Å². The van der Waals surface area contributed by atoms with Gasteiger partial charge in [-0.15, -0.1) is 0 Å².